The van der Waals surface area contributed by atoms with Crippen LogP contribution in [0.25, 0.3) is 0 Å². The molecule has 0 radical (unpaired) electrons. The second-order valence-corrected chi connectivity index (χ2v) is 6.77. The smallest absolute Gasteiger partial charge is 0.223 e. The highest BCUT2D eigenvalue weighted by Gasteiger charge is 2.29. The Morgan fingerprint density at radius 3 is 2.54 bits per heavy atom. The summed E-state index contributed by atoms with van der Waals surface area (Å²) in [7, 11) is 2.11. The molecule has 24 heavy (non-hydrogen) atoms. The second-order valence-electron chi connectivity index (χ2n) is 6.37. The molecule has 1 saturated heterocycles. The zero-order chi connectivity index (χ0) is 16.9. The lowest BCUT2D eigenvalue weighted by molar-refractivity contribution is -0.136. The Bertz CT molecular complexity index is 689. The number of carbonyl (C=O) groups is 1. The second kappa shape index (κ2) is 7.82. The molecular weight excluding hydrogens is 320 g/mol. The fourth-order valence-corrected chi connectivity index (χ4v) is 3.49. The number of benzene rings is 2. The van der Waals surface area contributed by atoms with Crippen LogP contribution in [0.5, 0.6) is 0 Å². The first-order valence-electron chi connectivity index (χ1n) is 8.41. The molecule has 0 N–H and O–H groups in total. The fraction of sp³-hybridized carbons (Fsp3) is 0.350. The van der Waals surface area contributed by atoms with Gasteiger partial charge in [-0.2, -0.15) is 0 Å². The van der Waals surface area contributed by atoms with Crippen LogP contribution >= 0.6 is 11.6 Å². The molecule has 2 aromatic rings. The fourth-order valence-electron chi connectivity index (χ4n) is 3.26. The number of piperazine rings is 1. The SMILES string of the molecule is CN1CCN(C(=O)CCc2ccccc2Cl)[C@H](c2ccccc2)C1. The van der Waals surface area contributed by atoms with E-state index in [2.05, 4.69) is 24.1 Å². The summed E-state index contributed by atoms with van der Waals surface area (Å²) in [6, 6.07) is 18.2. The average molecular weight is 343 g/mol. The highest BCUT2D eigenvalue weighted by molar-refractivity contribution is 6.31. The van der Waals surface area contributed by atoms with Gasteiger partial charge in [-0.15, -0.1) is 0 Å². The van der Waals surface area contributed by atoms with Crippen molar-refractivity contribution in [2.45, 2.75) is 18.9 Å². The van der Waals surface area contributed by atoms with Gasteiger partial charge in [0.15, 0.2) is 0 Å². The molecule has 126 valence electrons. The lowest BCUT2D eigenvalue weighted by Crippen LogP contribution is -2.49. The summed E-state index contributed by atoms with van der Waals surface area (Å²) in [4.78, 5) is 17.2. The molecular formula is C20H23ClN2O. The van der Waals surface area contributed by atoms with E-state index < -0.39 is 0 Å². The Balaban J connectivity index is 1.71. The molecule has 0 aromatic heterocycles. The zero-order valence-corrected chi connectivity index (χ0v) is 14.7. The standard InChI is InChI=1S/C20H23ClN2O/c1-22-13-14-23(19(15-22)17-8-3-2-4-9-17)20(24)12-11-16-7-5-6-10-18(16)21/h2-10,19H,11-15H2,1H3/t19-/m0/s1. The maximum atomic E-state index is 12.8. The third-order valence-electron chi connectivity index (χ3n) is 4.65. The highest BCUT2D eigenvalue weighted by atomic mass is 35.5. The molecule has 1 heterocycles. The summed E-state index contributed by atoms with van der Waals surface area (Å²) in [6.45, 7) is 2.57. The Kier molecular flexibility index (Phi) is 5.54. The lowest BCUT2D eigenvalue weighted by Gasteiger charge is -2.40. The van der Waals surface area contributed by atoms with Crippen molar-refractivity contribution in [2.75, 3.05) is 26.7 Å². The first kappa shape index (κ1) is 17.0. The van der Waals surface area contributed by atoms with Crippen LogP contribution in [-0.4, -0.2) is 42.4 Å². The molecule has 1 aliphatic heterocycles. The molecule has 4 heteroatoms. The predicted octanol–water partition coefficient (Wildman–Crippen LogP) is 3.79. The Morgan fingerprint density at radius 2 is 1.79 bits per heavy atom. The van der Waals surface area contributed by atoms with Gasteiger partial charge in [-0.1, -0.05) is 60.1 Å². The van der Waals surface area contributed by atoms with Crippen molar-refractivity contribution in [3.8, 4) is 0 Å². The van der Waals surface area contributed by atoms with E-state index in [1.807, 2.05) is 47.4 Å². The molecule has 3 nitrogen and oxygen atoms in total. The number of aryl methyl sites for hydroxylation is 1. The number of hydrogen-bond acceptors (Lipinski definition) is 2. The van der Waals surface area contributed by atoms with E-state index in [1.54, 1.807) is 0 Å². The number of carbonyl (C=O) groups excluding carboxylic acids is 1. The molecule has 3 rings (SSSR count). The van der Waals surface area contributed by atoms with Crippen molar-refractivity contribution < 1.29 is 4.79 Å². The minimum Gasteiger partial charge on any atom is -0.333 e. The maximum absolute atomic E-state index is 12.8. The molecule has 1 fully saturated rings. The van der Waals surface area contributed by atoms with E-state index in [4.69, 9.17) is 11.6 Å². The van der Waals surface area contributed by atoms with Gasteiger partial charge in [0.05, 0.1) is 6.04 Å². The third kappa shape index (κ3) is 3.97. The minimum atomic E-state index is 0.128. The number of amides is 1. The predicted molar refractivity (Wildman–Crippen MR) is 98.2 cm³/mol. The van der Waals surface area contributed by atoms with Crippen molar-refractivity contribution in [3.05, 3.63) is 70.7 Å². The molecule has 0 unspecified atom stereocenters. The number of halogens is 1. The first-order chi connectivity index (χ1) is 11.6. The van der Waals surface area contributed by atoms with E-state index in [0.29, 0.717) is 12.8 Å². The van der Waals surface area contributed by atoms with Gasteiger partial charge < -0.3 is 9.80 Å². The Hall–Kier alpha value is -1.84. The summed E-state index contributed by atoms with van der Waals surface area (Å²) in [5.41, 5.74) is 2.24. The van der Waals surface area contributed by atoms with E-state index >= 15 is 0 Å². The number of rotatable bonds is 4. The van der Waals surface area contributed by atoms with Gasteiger partial charge in [-0.3, -0.25) is 4.79 Å². The summed E-state index contributed by atoms with van der Waals surface area (Å²) < 4.78 is 0. The van der Waals surface area contributed by atoms with Gasteiger partial charge in [0.1, 0.15) is 0 Å². The van der Waals surface area contributed by atoms with Gasteiger partial charge in [-0.25, -0.2) is 0 Å². The molecule has 0 bridgehead atoms. The summed E-state index contributed by atoms with van der Waals surface area (Å²) >= 11 is 6.21. The number of likely N-dealkylation sites (N-methyl/N-ethyl adjacent to an activating group) is 1. The first-order valence-corrected chi connectivity index (χ1v) is 8.79. The van der Waals surface area contributed by atoms with E-state index in [-0.39, 0.29) is 11.9 Å². The van der Waals surface area contributed by atoms with Crippen LogP contribution < -0.4 is 0 Å². The van der Waals surface area contributed by atoms with Crippen LogP contribution in [0.2, 0.25) is 5.02 Å². The third-order valence-corrected chi connectivity index (χ3v) is 5.02. The van der Waals surface area contributed by atoms with Gasteiger partial charge in [0, 0.05) is 31.1 Å². The molecule has 1 amide bonds. The highest BCUT2D eigenvalue weighted by Crippen LogP contribution is 2.26. The van der Waals surface area contributed by atoms with E-state index in [0.717, 1.165) is 30.2 Å². The summed E-state index contributed by atoms with van der Waals surface area (Å²) in [5, 5.41) is 0.739. The van der Waals surface area contributed by atoms with Crippen molar-refractivity contribution in [2.24, 2.45) is 0 Å². The molecule has 1 aliphatic rings. The van der Waals surface area contributed by atoms with Crippen LogP contribution in [0.3, 0.4) is 0 Å². The normalized spacial score (nSPS) is 18.6. The van der Waals surface area contributed by atoms with Gasteiger partial charge >= 0.3 is 0 Å². The molecule has 0 saturated carbocycles. The molecule has 1 atom stereocenters. The number of nitrogens with zero attached hydrogens (tertiary/aromatic N) is 2. The maximum Gasteiger partial charge on any atom is 0.223 e. The summed E-state index contributed by atoms with van der Waals surface area (Å²) in [6.07, 6.45) is 1.18. The quantitative estimate of drug-likeness (QED) is 0.844. The largest absolute Gasteiger partial charge is 0.333 e. The van der Waals surface area contributed by atoms with Crippen molar-refractivity contribution in [3.63, 3.8) is 0 Å². The van der Waals surface area contributed by atoms with Gasteiger partial charge in [-0.05, 0) is 30.7 Å². The van der Waals surface area contributed by atoms with Crippen molar-refractivity contribution in [1.82, 2.24) is 9.80 Å². The Morgan fingerprint density at radius 1 is 1.08 bits per heavy atom. The van der Waals surface area contributed by atoms with Crippen LogP contribution in [0.4, 0.5) is 0 Å². The van der Waals surface area contributed by atoms with Crippen LogP contribution in [-0.2, 0) is 11.2 Å². The minimum absolute atomic E-state index is 0.128. The number of hydrogen-bond donors (Lipinski definition) is 0. The van der Waals surface area contributed by atoms with Crippen molar-refractivity contribution >= 4 is 17.5 Å². The summed E-state index contributed by atoms with van der Waals surface area (Å²) in [5.74, 6) is 0.205. The van der Waals surface area contributed by atoms with E-state index in [1.165, 1.54) is 5.56 Å². The monoisotopic (exact) mass is 342 g/mol. The van der Waals surface area contributed by atoms with Crippen LogP contribution in [0.15, 0.2) is 54.6 Å². The van der Waals surface area contributed by atoms with Crippen LogP contribution in [0.1, 0.15) is 23.6 Å². The molecule has 0 aliphatic carbocycles. The van der Waals surface area contributed by atoms with Crippen LogP contribution in [0, 0.1) is 0 Å². The Labute approximate surface area is 148 Å². The van der Waals surface area contributed by atoms with E-state index in [9.17, 15) is 4.79 Å². The lowest BCUT2D eigenvalue weighted by atomic mass is 10.0. The average Bonchev–Trinajstić information content (AvgIpc) is 2.61. The van der Waals surface area contributed by atoms with Crippen molar-refractivity contribution in [1.29, 1.82) is 0 Å². The zero-order valence-electron chi connectivity index (χ0n) is 14.0. The topological polar surface area (TPSA) is 23.6 Å². The van der Waals surface area contributed by atoms with Gasteiger partial charge in [0.2, 0.25) is 5.91 Å². The molecule has 2 aromatic carbocycles. The van der Waals surface area contributed by atoms with Gasteiger partial charge in [0.25, 0.3) is 0 Å². The molecule has 0 spiro atoms.